The van der Waals surface area contributed by atoms with Crippen LogP contribution < -0.4 is 10.9 Å². The molecule has 11 heteroatoms. The number of aromatic nitrogens is 6. The molecule has 1 amide bonds. The highest BCUT2D eigenvalue weighted by Gasteiger charge is 2.24. The first kappa shape index (κ1) is 28.6. The van der Waals surface area contributed by atoms with Gasteiger partial charge in [-0.2, -0.15) is 5.26 Å². The average molecular weight is 589 g/mol. The lowest BCUT2D eigenvalue weighted by Crippen LogP contribution is -2.27. The molecule has 0 spiro atoms. The van der Waals surface area contributed by atoms with Gasteiger partial charge in [0.1, 0.15) is 5.82 Å². The second kappa shape index (κ2) is 11.6. The van der Waals surface area contributed by atoms with Crippen LogP contribution in [0.3, 0.4) is 0 Å². The number of carbonyl (C=O) groups is 1. The fraction of sp³-hybridized carbons (Fsp3) is 0.242. The topological polar surface area (TPSA) is 131 Å². The van der Waals surface area contributed by atoms with Crippen molar-refractivity contribution in [3.05, 3.63) is 106 Å². The molecule has 1 aliphatic heterocycles. The number of rotatable bonds is 3. The first-order chi connectivity index (χ1) is 21.2. The zero-order valence-corrected chi connectivity index (χ0v) is 24.5. The van der Waals surface area contributed by atoms with Gasteiger partial charge in [-0.15, -0.1) is 5.10 Å². The van der Waals surface area contributed by atoms with E-state index in [1.165, 1.54) is 21.6 Å². The molecular formula is C33H29FN8O2. The molecule has 1 aliphatic rings. The van der Waals surface area contributed by atoms with Crippen LogP contribution in [0, 0.1) is 36.9 Å². The standard InChI is InChI=1S/C33H29FN8O2/c1-19-7-10-29(42-17-21(3)39-40-42)31(32(19)34)27-15-30(43)41(18-37-27)28-6-4-5-20(2)33(44)38-25-13-22(16-35)8-9-24(25)23-11-12-36-26(28)14-23/h7-15,17-18,20,28H,4-6H2,1-3H3,(H,38,44)/t20-,28+/m1/s1. The number of carbonyl (C=O) groups excluding carboxylic acids is 1. The Kier molecular flexibility index (Phi) is 7.57. The predicted molar refractivity (Wildman–Crippen MR) is 162 cm³/mol. The Morgan fingerprint density at radius 2 is 1.89 bits per heavy atom. The molecule has 2 atom stereocenters. The van der Waals surface area contributed by atoms with Crippen LogP contribution in [0.2, 0.25) is 0 Å². The van der Waals surface area contributed by atoms with Gasteiger partial charge in [0.2, 0.25) is 5.91 Å². The minimum atomic E-state index is -0.494. The van der Waals surface area contributed by atoms with E-state index in [0.29, 0.717) is 53.2 Å². The van der Waals surface area contributed by atoms with E-state index in [0.717, 1.165) is 11.1 Å². The average Bonchev–Trinajstić information content (AvgIpc) is 3.46. The molecule has 2 aromatic carbocycles. The number of pyridine rings is 1. The van der Waals surface area contributed by atoms with E-state index in [9.17, 15) is 14.9 Å². The van der Waals surface area contributed by atoms with Gasteiger partial charge in [0.15, 0.2) is 0 Å². The Morgan fingerprint density at radius 3 is 2.64 bits per heavy atom. The van der Waals surface area contributed by atoms with E-state index in [-0.39, 0.29) is 28.6 Å². The number of halogens is 1. The van der Waals surface area contributed by atoms with E-state index in [4.69, 9.17) is 0 Å². The van der Waals surface area contributed by atoms with Gasteiger partial charge in [-0.1, -0.05) is 30.7 Å². The molecular weight excluding hydrogens is 559 g/mol. The second-order valence-electron chi connectivity index (χ2n) is 11.1. The van der Waals surface area contributed by atoms with Crippen LogP contribution in [0.1, 0.15) is 54.7 Å². The SMILES string of the molecule is Cc1cn(-c2ccc(C)c(F)c2-c2cc(=O)n([C@H]3CCC[C@@H](C)C(=O)Nc4cc(C#N)ccc4-c4ccnc3c4)cn2)nn1. The highest BCUT2D eigenvalue weighted by atomic mass is 19.1. The highest BCUT2D eigenvalue weighted by Crippen LogP contribution is 2.34. The van der Waals surface area contributed by atoms with Crippen molar-refractivity contribution in [2.24, 2.45) is 5.92 Å². The zero-order chi connectivity index (χ0) is 31.0. The van der Waals surface area contributed by atoms with Gasteiger partial charge in [-0.05, 0) is 68.1 Å². The minimum Gasteiger partial charge on any atom is -0.325 e. The monoisotopic (exact) mass is 588 g/mol. The van der Waals surface area contributed by atoms with Crippen LogP contribution >= 0.6 is 0 Å². The fourth-order valence-corrected chi connectivity index (χ4v) is 5.55. The number of nitriles is 1. The molecule has 0 radical (unpaired) electrons. The van der Waals surface area contributed by atoms with Crippen molar-refractivity contribution in [3.63, 3.8) is 0 Å². The number of anilines is 1. The van der Waals surface area contributed by atoms with Crippen LogP contribution in [0.5, 0.6) is 0 Å². The van der Waals surface area contributed by atoms with Crippen molar-refractivity contribution in [1.82, 2.24) is 29.5 Å². The van der Waals surface area contributed by atoms with Gasteiger partial charge in [0.25, 0.3) is 5.56 Å². The first-order valence-corrected chi connectivity index (χ1v) is 14.3. The van der Waals surface area contributed by atoms with Crippen LogP contribution in [0.25, 0.3) is 28.1 Å². The fourth-order valence-electron chi connectivity index (χ4n) is 5.55. The van der Waals surface area contributed by atoms with Gasteiger partial charge in [0.05, 0.1) is 58.5 Å². The van der Waals surface area contributed by atoms with Crippen LogP contribution in [-0.4, -0.2) is 35.4 Å². The summed E-state index contributed by atoms with van der Waals surface area (Å²) in [6.07, 6.45) is 6.51. The largest absolute Gasteiger partial charge is 0.325 e. The number of amides is 1. The van der Waals surface area contributed by atoms with Crippen molar-refractivity contribution >= 4 is 11.6 Å². The van der Waals surface area contributed by atoms with E-state index >= 15 is 4.39 Å². The molecule has 0 aliphatic carbocycles. The maximum absolute atomic E-state index is 15.6. The third-order valence-electron chi connectivity index (χ3n) is 8.00. The Morgan fingerprint density at radius 1 is 1.05 bits per heavy atom. The number of nitrogens with zero attached hydrogens (tertiary/aromatic N) is 7. The van der Waals surface area contributed by atoms with Gasteiger partial charge in [-0.25, -0.2) is 14.1 Å². The molecule has 6 rings (SSSR count). The summed E-state index contributed by atoms with van der Waals surface area (Å²) >= 11 is 0. The lowest BCUT2D eigenvalue weighted by molar-refractivity contribution is -0.119. The first-order valence-electron chi connectivity index (χ1n) is 14.3. The maximum atomic E-state index is 15.6. The van der Waals surface area contributed by atoms with Crippen molar-refractivity contribution in [3.8, 4) is 34.1 Å². The van der Waals surface area contributed by atoms with Crippen molar-refractivity contribution in [2.45, 2.75) is 46.1 Å². The van der Waals surface area contributed by atoms with Gasteiger partial charge in [-0.3, -0.25) is 19.1 Å². The quantitative estimate of drug-likeness (QED) is 0.293. The summed E-state index contributed by atoms with van der Waals surface area (Å²) in [6.45, 7) is 5.30. The lowest BCUT2D eigenvalue weighted by atomic mass is 9.95. The second-order valence-corrected chi connectivity index (χ2v) is 11.1. The number of aryl methyl sites for hydroxylation is 2. The molecule has 0 saturated carbocycles. The summed E-state index contributed by atoms with van der Waals surface area (Å²) in [4.78, 5) is 36.0. The van der Waals surface area contributed by atoms with Gasteiger partial charge in [0, 0.05) is 29.4 Å². The summed E-state index contributed by atoms with van der Waals surface area (Å²) < 4.78 is 18.6. The van der Waals surface area contributed by atoms with E-state index in [1.807, 2.05) is 19.1 Å². The van der Waals surface area contributed by atoms with Gasteiger partial charge >= 0.3 is 0 Å². The molecule has 0 unspecified atom stereocenters. The Bertz CT molecular complexity index is 2010. The van der Waals surface area contributed by atoms with Crippen LogP contribution in [0.15, 0.2) is 72.0 Å². The summed E-state index contributed by atoms with van der Waals surface area (Å²) in [7, 11) is 0. The number of hydrogen-bond donors (Lipinski definition) is 1. The smallest absolute Gasteiger partial charge is 0.254 e. The molecule has 3 aromatic heterocycles. The Balaban J connectivity index is 1.46. The van der Waals surface area contributed by atoms with E-state index in [2.05, 4.69) is 31.7 Å². The molecule has 0 fully saturated rings. The van der Waals surface area contributed by atoms with Crippen molar-refractivity contribution in [2.75, 3.05) is 5.32 Å². The summed E-state index contributed by atoms with van der Waals surface area (Å²) in [5.41, 5.74) is 4.59. The molecule has 220 valence electrons. The third-order valence-corrected chi connectivity index (χ3v) is 8.00. The van der Waals surface area contributed by atoms with Crippen LogP contribution in [0.4, 0.5) is 10.1 Å². The van der Waals surface area contributed by atoms with Crippen molar-refractivity contribution in [1.29, 1.82) is 5.26 Å². The van der Waals surface area contributed by atoms with Crippen LogP contribution in [-0.2, 0) is 4.79 Å². The number of nitrogens with one attached hydrogen (secondary N) is 1. The van der Waals surface area contributed by atoms with Crippen molar-refractivity contribution < 1.29 is 9.18 Å². The zero-order valence-electron chi connectivity index (χ0n) is 24.5. The highest BCUT2D eigenvalue weighted by molar-refractivity contribution is 5.97. The molecule has 2 bridgehead atoms. The minimum absolute atomic E-state index is 0.144. The summed E-state index contributed by atoms with van der Waals surface area (Å²) in [5.74, 6) is -0.944. The number of hydrogen-bond acceptors (Lipinski definition) is 7. The summed E-state index contributed by atoms with van der Waals surface area (Å²) in [5, 5.41) is 20.6. The number of benzene rings is 2. The molecule has 0 saturated heterocycles. The van der Waals surface area contributed by atoms with E-state index < -0.39 is 11.9 Å². The third kappa shape index (κ3) is 5.38. The Labute approximate surface area is 252 Å². The molecule has 10 nitrogen and oxygen atoms in total. The molecule has 1 N–H and O–H groups in total. The maximum Gasteiger partial charge on any atom is 0.254 e. The molecule has 4 heterocycles. The Hall–Kier alpha value is -5.50. The normalized spacial score (nSPS) is 16.7. The van der Waals surface area contributed by atoms with Gasteiger partial charge < -0.3 is 5.32 Å². The molecule has 44 heavy (non-hydrogen) atoms. The summed E-state index contributed by atoms with van der Waals surface area (Å²) in [6, 6.07) is 15.2. The van der Waals surface area contributed by atoms with E-state index in [1.54, 1.807) is 56.6 Å². The predicted octanol–water partition coefficient (Wildman–Crippen LogP) is 5.53. The molecule has 5 aromatic rings. The lowest BCUT2D eigenvalue weighted by Gasteiger charge is -2.23. The number of fused-ring (bicyclic) bond motifs is 4.